The number of likely N-dealkylation sites (tertiary alicyclic amines) is 1. The number of rotatable bonds is 6. The van der Waals surface area contributed by atoms with E-state index in [-0.39, 0.29) is 12.5 Å². The van der Waals surface area contributed by atoms with Crippen molar-refractivity contribution in [1.29, 1.82) is 0 Å². The molecule has 1 aromatic carbocycles. The van der Waals surface area contributed by atoms with Crippen LogP contribution in [0.4, 0.5) is 4.39 Å². The minimum Gasteiger partial charge on any atom is -0.496 e. The number of pyridine rings is 2. The Kier molecular flexibility index (Phi) is 6.15. The first kappa shape index (κ1) is 23.2. The molecule has 7 nitrogen and oxygen atoms in total. The van der Waals surface area contributed by atoms with Gasteiger partial charge in [-0.1, -0.05) is 13.8 Å². The van der Waals surface area contributed by atoms with Gasteiger partial charge in [0.05, 0.1) is 18.2 Å². The number of H-pyrrole nitrogens is 1. The molecule has 1 amide bonds. The summed E-state index contributed by atoms with van der Waals surface area (Å²) in [7, 11) is 1.55. The van der Waals surface area contributed by atoms with E-state index in [2.05, 4.69) is 39.0 Å². The van der Waals surface area contributed by atoms with E-state index in [9.17, 15) is 9.18 Å². The van der Waals surface area contributed by atoms with E-state index < -0.39 is 5.95 Å². The zero-order valence-corrected chi connectivity index (χ0v) is 20.3. The average molecular weight is 476 g/mol. The highest BCUT2D eigenvalue weighted by molar-refractivity contribution is 5.97. The number of ether oxygens (including phenoxy) is 1. The van der Waals surface area contributed by atoms with Gasteiger partial charge in [-0.25, -0.2) is 9.97 Å². The summed E-state index contributed by atoms with van der Waals surface area (Å²) in [5.41, 5.74) is 3.47. The van der Waals surface area contributed by atoms with E-state index in [0.29, 0.717) is 34.4 Å². The number of aromatic amines is 1. The van der Waals surface area contributed by atoms with Crippen LogP contribution in [0.25, 0.3) is 21.9 Å². The molecule has 4 heterocycles. The lowest BCUT2D eigenvalue weighted by atomic mass is 9.82. The first-order valence-electron chi connectivity index (χ1n) is 11.9. The highest BCUT2D eigenvalue weighted by atomic mass is 19.1. The third-order valence-electron chi connectivity index (χ3n) is 6.95. The van der Waals surface area contributed by atoms with Gasteiger partial charge in [0.2, 0.25) is 5.95 Å². The molecule has 8 heteroatoms. The van der Waals surface area contributed by atoms with Gasteiger partial charge in [-0.15, -0.1) is 0 Å². The van der Waals surface area contributed by atoms with Crippen LogP contribution in [0.3, 0.4) is 0 Å². The van der Waals surface area contributed by atoms with Crippen LogP contribution in [-0.2, 0) is 13.1 Å². The Balaban J connectivity index is 1.35. The van der Waals surface area contributed by atoms with Gasteiger partial charge in [-0.2, -0.15) is 4.39 Å². The Morgan fingerprint density at radius 2 is 1.94 bits per heavy atom. The second-order valence-corrected chi connectivity index (χ2v) is 10.1. The monoisotopic (exact) mass is 475 g/mol. The topological polar surface area (TPSA) is 83.1 Å². The number of aromatic nitrogens is 3. The highest BCUT2D eigenvalue weighted by Crippen LogP contribution is 2.31. The highest BCUT2D eigenvalue weighted by Gasteiger charge is 2.26. The Hall–Kier alpha value is -3.52. The van der Waals surface area contributed by atoms with Crippen molar-refractivity contribution in [3.8, 4) is 5.75 Å². The Bertz CT molecular complexity index is 1390. The van der Waals surface area contributed by atoms with E-state index in [1.807, 2.05) is 18.2 Å². The lowest BCUT2D eigenvalue weighted by molar-refractivity contribution is 0.0950. The van der Waals surface area contributed by atoms with Crippen LogP contribution in [0, 0.1) is 11.4 Å². The van der Waals surface area contributed by atoms with Crippen molar-refractivity contribution >= 4 is 27.8 Å². The van der Waals surface area contributed by atoms with Crippen molar-refractivity contribution in [3.63, 3.8) is 0 Å². The number of hydrogen-bond acceptors (Lipinski definition) is 5. The van der Waals surface area contributed by atoms with E-state index in [0.717, 1.165) is 47.9 Å². The first-order valence-corrected chi connectivity index (χ1v) is 11.9. The van der Waals surface area contributed by atoms with Gasteiger partial charge in [-0.3, -0.25) is 9.69 Å². The van der Waals surface area contributed by atoms with Gasteiger partial charge < -0.3 is 15.0 Å². The predicted octanol–water partition coefficient (Wildman–Crippen LogP) is 4.81. The van der Waals surface area contributed by atoms with Crippen LogP contribution in [-0.4, -0.2) is 46.0 Å². The van der Waals surface area contributed by atoms with Crippen LogP contribution in [0.2, 0.25) is 0 Å². The number of carbonyl (C=O) groups is 1. The Morgan fingerprint density at radius 1 is 1.17 bits per heavy atom. The second kappa shape index (κ2) is 9.26. The van der Waals surface area contributed by atoms with Crippen molar-refractivity contribution in [2.45, 2.75) is 39.8 Å². The van der Waals surface area contributed by atoms with Gasteiger partial charge in [-0.05, 0) is 55.6 Å². The maximum Gasteiger partial charge on any atom is 0.253 e. The lowest BCUT2D eigenvalue weighted by Crippen LogP contribution is -2.37. The molecule has 35 heavy (non-hydrogen) atoms. The van der Waals surface area contributed by atoms with Crippen molar-refractivity contribution in [1.82, 2.24) is 25.2 Å². The molecule has 182 valence electrons. The first-order chi connectivity index (χ1) is 16.8. The second-order valence-electron chi connectivity index (χ2n) is 10.1. The van der Waals surface area contributed by atoms with Gasteiger partial charge in [0, 0.05) is 53.4 Å². The minimum absolute atomic E-state index is 0.228. The number of nitrogens with one attached hydrogen (secondary N) is 2. The van der Waals surface area contributed by atoms with Crippen LogP contribution >= 0.6 is 0 Å². The molecule has 0 atom stereocenters. The number of piperidine rings is 1. The lowest BCUT2D eigenvalue weighted by Gasteiger charge is -2.36. The normalized spacial score (nSPS) is 16.0. The molecule has 0 radical (unpaired) electrons. The number of amides is 1. The largest absolute Gasteiger partial charge is 0.496 e. The fourth-order valence-corrected chi connectivity index (χ4v) is 4.61. The molecule has 1 fully saturated rings. The zero-order valence-electron chi connectivity index (χ0n) is 20.3. The van der Waals surface area contributed by atoms with Crippen molar-refractivity contribution in [2.75, 3.05) is 20.2 Å². The molecule has 3 aromatic heterocycles. The number of halogens is 1. The van der Waals surface area contributed by atoms with Gasteiger partial charge in [0.1, 0.15) is 11.4 Å². The minimum atomic E-state index is -0.446. The Labute approximate surface area is 203 Å². The molecule has 5 rings (SSSR count). The predicted molar refractivity (Wildman–Crippen MR) is 134 cm³/mol. The SMILES string of the molecule is COc1cc2nc(F)c(CN3CCC(C)(C)CC3)cc2cc1CNC(=O)c1cnc2[nH]ccc2c1. The molecule has 0 unspecified atom stereocenters. The molecule has 2 N–H and O–H groups in total. The van der Waals surface area contributed by atoms with E-state index >= 15 is 0 Å². The zero-order chi connectivity index (χ0) is 24.6. The third-order valence-corrected chi connectivity index (χ3v) is 6.95. The maximum atomic E-state index is 14.8. The molecule has 1 aliphatic heterocycles. The maximum absolute atomic E-state index is 14.8. The van der Waals surface area contributed by atoms with Crippen molar-refractivity contribution < 1.29 is 13.9 Å². The summed E-state index contributed by atoms with van der Waals surface area (Å²) < 4.78 is 20.4. The average Bonchev–Trinajstić information content (AvgIpc) is 3.32. The van der Waals surface area contributed by atoms with Crippen LogP contribution in [0.15, 0.2) is 42.7 Å². The summed E-state index contributed by atoms with van der Waals surface area (Å²) >= 11 is 0. The molecule has 0 aliphatic carbocycles. The number of carbonyl (C=O) groups excluding carboxylic acids is 1. The van der Waals surface area contributed by atoms with Crippen molar-refractivity contribution in [2.24, 2.45) is 5.41 Å². The number of hydrogen-bond donors (Lipinski definition) is 2. The number of benzene rings is 1. The van der Waals surface area contributed by atoms with Gasteiger partial charge in [0.25, 0.3) is 5.91 Å². The number of methoxy groups -OCH3 is 1. The molecule has 4 aromatic rings. The molecular formula is C27H30FN5O2. The molecule has 0 spiro atoms. The third kappa shape index (κ3) is 4.98. The standard InChI is InChI=1S/C27H30FN5O2/c1-27(2)5-8-33(9-6-27)16-21-12-18-11-19(23(35-3)13-22(18)32-24(21)28)14-31-26(34)20-10-17-4-7-29-25(17)30-15-20/h4,7,10-13,15H,5-6,8-9,14,16H2,1-3H3,(H,29,30)(H,31,34). The van der Waals surface area contributed by atoms with Crippen LogP contribution in [0.5, 0.6) is 5.75 Å². The fourth-order valence-electron chi connectivity index (χ4n) is 4.61. The Morgan fingerprint density at radius 3 is 2.71 bits per heavy atom. The molecule has 0 bridgehead atoms. The number of nitrogens with zero attached hydrogens (tertiary/aromatic N) is 3. The van der Waals surface area contributed by atoms with Gasteiger partial charge >= 0.3 is 0 Å². The van der Waals surface area contributed by atoms with E-state index in [1.54, 1.807) is 31.6 Å². The summed E-state index contributed by atoms with van der Waals surface area (Å²) in [6.45, 7) is 7.27. The smallest absolute Gasteiger partial charge is 0.253 e. The van der Waals surface area contributed by atoms with Crippen LogP contribution in [0.1, 0.15) is 48.2 Å². The summed E-state index contributed by atoms with van der Waals surface area (Å²) in [5, 5.41) is 4.63. The van der Waals surface area contributed by atoms with E-state index in [1.165, 1.54) is 0 Å². The summed E-state index contributed by atoms with van der Waals surface area (Å²) in [6, 6.07) is 9.18. The van der Waals surface area contributed by atoms with Crippen molar-refractivity contribution in [3.05, 3.63) is 65.4 Å². The van der Waals surface area contributed by atoms with Gasteiger partial charge in [0.15, 0.2) is 0 Å². The summed E-state index contributed by atoms with van der Waals surface area (Å²) in [5.74, 6) is -0.123. The van der Waals surface area contributed by atoms with E-state index in [4.69, 9.17) is 4.74 Å². The quantitative estimate of drug-likeness (QED) is 0.391. The fraction of sp³-hybridized carbons (Fsp3) is 0.370. The molecule has 1 saturated heterocycles. The van der Waals surface area contributed by atoms with Crippen LogP contribution < -0.4 is 10.1 Å². The molecule has 0 saturated carbocycles. The summed E-state index contributed by atoms with van der Waals surface area (Å²) in [4.78, 5) is 26.5. The number of fused-ring (bicyclic) bond motifs is 2. The molecule has 1 aliphatic rings. The summed E-state index contributed by atoms with van der Waals surface area (Å²) in [6.07, 6.45) is 5.54. The molecular weight excluding hydrogens is 445 g/mol.